The summed E-state index contributed by atoms with van der Waals surface area (Å²) in [5.74, 6) is 27.4. The van der Waals surface area contributed by atoms with Crippen LogP contribution < -0.4 is 57.7 Å². The Morgan fingerprint density at radius 2 is 0.452 bits per heavy atom. The van der Waals surface area contributed by atoms with Gasteiger partial charge in [0.15, 0.2) is 0 Å². The summed E-state index contributed by atoms with van der Waals surface area (Å²) in [6, 6.07) is 0. The Bertz CT molecular complexity index is 3610. The summed E-state index contributed by atoms with van der Waals surface area (Å²) in [5, 5.41) is 34.5. The van der Waals surface area contributed by atoms with Gasteiger partial charge >= 0.3 is 30.3 Å². The van der Waals surface area contributed by atoms with Gasteiger partial charge in [-0.15, -0.1) is 47.4 Å². The van der Waals surface area contributed by atoms with E-state index in [1.165, 1.54) is 0 Å². The number of carboxylic acids is 1. The van der Waals surface area contributed by atoms with Crippen molar-refractivity contribution in [3.63, 3.8) is 0 Å². The lowest BCUT2D eigenvalue weighted by Crippen LogP contribution is -2.36. The summed E-state index contributed by atoms with van der Waals surface area (Å²) < 4.78 is 71.1. The van der Waals surface area contributed by atoms with Gasteiger partial charge in [0.05, 0.1) is 139 Å². The first-order valence-corrected chi connectivity index (χ1v) is 53.3. The largest absolute Gasteiger partial charge is 0.481 e. The highest BCUT2D eigenvalue weighted by Crippen LogP contribution is 2.51. The second kappa shape index (κ2) is 76.9. The van der Waals surface area contributed by atoms with Crippen LogP contribution in [0.5, 0.6) is 0 Å². The van der Waals surface area contributed by atoms with Crippen molar-refractivity contribution < 1.29 is 144 Å². The number of amides is 8. The monoisotopic (exact) mass is 2060 g/mol. The number of carbonyl (C=O) groups is 9. The molecule has 44 nitrogen and oxygen atoms in total. The molecule has 9 rings (SSSR count). The van der Waals surface area contributed by atoms with Crippen molar-refractivity contribution in [2.24, 2.45) is 47.3 Å². The summed E-state index contributed by atoms with van der Waals surface area (Å²) in [6.07, 6.45) is 21.1. The molecule has 44 heteroatoms. The van der Waals surface area contributed by atoms with E-state index < -0.39 is 30.3 Å². The molecule has 0 saturated heterocycles. The number of carboxylic acid groups (broad SMARTS) is 1. The lowest BCUT2D eigenvalue weighted by Gasteiger charge is -2.27. The Hall–Kier alpha value is -9.56. The SMILES string of the molecule is O=C(O)CCNc1nc(N(CCOCCOCCOCCCCCC(=O)NCCNC(=O)OOC2C3CCC#CCCC32)CCOCCOCCOCCCCCC(=O)NCCNC(=O)OOC2C3CCC#CCCC32)nc(N(CCOCCOCCOCCCCCC(=O)NCCNC(=O)OOC2C3CCC#CCCC32)CCOCCOCCOCCCCCC(=O)NCCNC(=O)OOC2C3CCC#CCCC32)n1. The van der Waals surface area contributed by atoms with Crippen LogP contribution in [0.3, 0.4) is 0 Å². The van der Waals surface area contributed by atoms with Crippen LogP contribution in [0.25, 0.3) is 0 Å². The molecule has 8 aliphatic rings. The third kappa shape index (κ3) is 55.1. The van der Waals surface area contributed by atoms with E-state index in [1.807, 2.05) is 9.80 Å². The zero-order valence-electron chi connectivity index (χ0n) is 85.4. The number of aliphatic carboxylic acids is 1. The Balaban J connectivity index is 0.671. The highest BCUT2D eigenvalue weighted by Gasteiger charge is 2.55. The molecule has 4 saturated carbocycles. The maximum Gasteiger partial charge on any atom is 0.438 e. The number of anilines is 3. The van der Waals surface area contributed by atoms with Gasteiger partial charge in [-0.05, 0) is 150 Å². The van der Waals surface area contributed by atoms with Crippen molar-refractivity contribution in [1.29, 1.82) is 0 Å². The van der Waals surface area contributed by atoms with E-state index in [0.717, 1.165) is 154 Å². The van der Waals surface area contributed by atoms with Crippen LogP contribution in [0, 0.1) is 94.7 Å². The third-order valence-corrected chi connectivity index (χ3v) is 25.7. The zero-order chi connectivity index (χ0) is 103. The highest BCUT2D eigenvalue weighted by molar-refractivity contribution is 5.77. The predicted molar refractivity (Wildman–Crippen MR) is 531 cm³/mol. The van der Waals surface area contributed by atoms with E-state index in [2.05, 4.69) is 95.2 Å². The first-order valence-electron chi connectivity index (χ1n) is 53.3. The average Bonchev–Trinajstić information content (AvgIpc) is 1.64. The zero-order valence-corrected chi connectivity index (χ0v) is 85.4. The summed E-state index contributed by atoms with van der Waals surface area (Å²) >= 11 is 0. The maximum absolute atomic E-state index is 12.5. The van der Waals surface area contributed by atoms with Crippen molar-refractivity contribution in [1.82, 2.24) is 57.5 Å². The fourth-order valence-corrected chi connectivity index (χ4v) is 17.3. The highest BCUT2D eigenvalue weighted by atomic mass is 17.2. The van der Waals surface area contributed by atoms with Gasteiger partial charge in [-0.1, -0.05) is 25.7 Å². The van der Waals surface area contributed by atoms with Crippen LogP contribution >= 0.6 is 0 Å². The van der Waals surface area contributed by atoms with Crippen LogP contribution in [-0.4, -0.2) is 342 Å². The van der Waals surface area contributed by atoms with Crippen LogP contribution in [0.4, 0.5) is 37.0 Å². The minimum Gasteiger partial charge on any atom is -0.481 e. The van der Waals surface area contributed by atoms with Gasteiger partial charge in [-0.25, -0.2) is 19.2 Å². The molecule has 8 amide bonds. The first-order chi connectivity index (χ1) is 71.8. The van der Waals surface area contributed by atoms with Gasteiger partial charge in [0, 0.05) is 189 Å². The maximum atomic E-state index is 12.5. The van der Waals surface area contributed by atoms with Crippen LogP contribution in [0.1, 0.15) is 212 Å². The smallest absolute Gasteiger partial charge is 0.438 e. The summed E-state index contributed by atoms with van der Waals surface area (Å²) in [5.41, 5.74) is 0. The number of hydrogen-bond acceptors (Lipinski definition) is 35. The number of carbonyl (C=O) groups excluding carboxylic acids is 8. The molecular formula is C102H162N14O30. The molecule has 4 fully saturated rings. The molecule has 1 heterocycles. The molecule has 8 unspecified atom stereocenters. The van der Waals surface area contributed by atoms with Gasteiger partial charge in [0.1, 0.15) is 24.4 Å². The Labute approximate surface area is 859 Å². The minimum atomic E-state index is -1.02. The fourth-order valence-electron chi connectivity index (χ4n) is 17.3. The first kappa shape index (κ1) is 120. The molecule has 0 spiro atoms. The topological polar surface area (TPSA) is 512 Å². The number of hydrogen-bond donors (Lipinski definition) is 10. The van der Waals surface area contributed by atoms with E-state index >= 15 is 0 Å². The molecule has 146 heavy (non-hydrogen) atoms. The second-order valence-corrected chi connectivity index (χ2v) is 36.8. The number of fused-ring (bicyclic) bond motifs is 4. The van der Waals surface area contributed by atoms with E-state index in [0.29, 0.717) is 204 Å². The van der Waals surface area contributed by atoms with E-state index in [1.54, 1.807) is 0 Å². The lowest BCUT2D eigenvalue weighted by molar-refractivity contribution is -0.254. The van der Waals surface area contributed by atoms with Crippen molar-refractivity contribution in [2.75, 3.05) is 259 Å². The number of aromatic nitrogens is 3. The van der Waals surface area contributed by atoms with Gasteiger partial charge in [-0.3, -0.25) is 43.5 Å². The normalized spacial score (nSPS) is 20.4. The molecule has 10 N–H and O–H groups in total. The molecule has 0 radical (unpaired) electrons. The predicted octanol–water partition coefficient (Wildman–Crippen LogP) is 7.68. The molecule has 0 aromatic carbocycles. The standard InChI is InChI=1S/C102H162N14O30/c117-87(103-43-47-108-99(123)143-139-92-79-29-13-1-2-14-30-80(79)92)37-21-9-25-55-127-63-71-135-75-67-131-59-51-115(52-60-132-68-76-136-72-64-128-56-26-10-22-38-88(118)104-44-48-109-100(124)144-140-93-81-31-15-3-4-16-32-82(81)93)97-112-96(107-42-41-91(121)122)113-98(114-97)116(53-61-133-69-77-137-73-65-129-57-27-11-23-39-89(119)105-45-49-110-101(125)145-141-94-83-33-17-5-6-18-34-84(83)94)54-62-134-70-78-138-74-66-130-58-28-12-24-40-90(120)106-46-50-111-102(126)146-142-95-85-35-19-7-8-20-36-86(85)95/h79-86,92-95H,9-78H2,(H,103,117)(H,104,118)(H,105,119)(H,106,120)(H,108,123)(H,109,124)(H,110,125)(H,111,126)(H,121,122)(H,107,112,113,114). The van der Waals surface area contributed by atoms with Crippen LogP contribution in [0.15, 0.2) is 0 Å². The summed E-state index contributed by atoms with van der Waals surface area (Å²) in [4.78, 5) is 170. The summed E-state index contributed by atoms with van der Waals surface area (Å²) in [7, 11) is 0. The van der Waals surface area contributed by atoms with Crippen molar-refractivity contribution in [3.05, 3.63) is 0 Å². The summed E-state index contributed by atoms with van der Waals surface area (Å²) in [6.45, 7) is 11.0. The van der Waals surface area contributed by atoms with E-state index in [-0.39, 0.29) is 210 Å². The molecule has 1 aromatic rings. The van der Waals surface area contributed by atoms with E-state index in [4.69, 9.17) is 111 Å². The Morgan fingerprint density at radius 3 is 0.671 bits per heavy atom. The molecule has 0 bridgehead atoms. The third-order valence-electron chi connectivity index (χ3n) is 25.7. The van der Waals surface area contributed by atoms with Crippen LogP contribution in [0.2, 0.25) is 0 Å². The van der Waals surface area contributed by atoms with Crippen molar-refractivity contribution in [2.45, 2.75) is 236 Å². The van der Waals surface area contributed by atoms with Gasteiger partial charge in [0.2, 0.25) is 41.5 Å². The van der Waals surface area contributed by atoms with Gasteiger partial charge in [0.25, 0.3) is 0 Å². The van der Waals surface area contributed by atoms with Gasteiger partial charge in [-0.2, -0.15) is 34.5 Å². The number of ether oxygens (including phenoxy) is 12. The van der Waals surface area contributed by atoms with Gasteiger partial charge < -0.3 is 120 Å². The fraction of sp³-hybridized carbons (Fsp3) is 0.804. The number of unbranched alkanes of at least 4 members (excludes halogenated alkanes) is 8. The van der Waals surface area contributed by atoms with Crippen molar-refractivity contribution in [3.8, 4) is 47.4 Å². The Morgan fingerprint density at radius 1 is 0.247 bits per heavy atom. The average molecular weight is 2060 g/mol. The lowest BCUT2D eigenvalue weighted by atomic mass is 10.1. The molecule has 8 atom stereocenters. The molecule has 0 aliphatic heterocycles. The van der Waals surface area contributed by atoms with Crippen molar-refractivity contribution >= 4 is 71.8 Å². The quantitative estimate of drug-likeness (QED) is 0.0129. The van der Waals surface area contributed by atoms with E-state index in [9.17, 15) is 48.3 Å². The minimum absolute atomic E-state index is 0.00876. The number of rotatable bonds is 86. The number of nitrogens with zero attached hydrogens (tertiary/aromatic N) is 5. The van der Waals surface area contributed by atoms with Crippen LogP contribution in [-0.2, 0) is 120 Å². The molecule has 820 valence electrons. The second-order valence-electron chi connectivity index (χ2n) is 36.8. The molecule has 8 aliphatic carbocycles. The molecule has 1 aromatic heterocycles. The molecular weight excluding hydrogens is 1900 g/mol. The Kier molecular flexibility index (Phi) is 63.2. The number of nitrogens with one attached hydrogen (secondary N) is 9.